The average Bonchev–Trinajstić information content (AvgIpc) is 2.49. The summed E-state index contributed by atoms with van der Waals surface area (Å²) in [6, 6.07) is 7.76. The first-order chi connectivity index (χ1) is 10.1. The molecule has 1 N–H and O–H groups in total. The maximum Gasteiger partial charge on any atom is 0.260 e. The van der Waals surface area contributed by atoms with Crippen LogP contribution in [0.25, 0.3) is 0 Å². The van der Waals surface area contributed by atoms with Crippen molar-refractivity contribution in [1.82, 2.24) is 5.32 Å². The van der Waals surface area contributed by atoms with E-state index in [0.717, 1.165) is 18.7 Å². The molecule has 0 radical (unpaired) electrons. The number of amides is 1. The summed E-state index contributed by atoms with van der Waals surface area (Å²) in [4.78, 5) is 12.1. The zero-order valence-electron chi connectivity index (χ0n) is 13.8. The molecule has 0 unspecified atom stereocenters. The zero-order valence-corrected chi connectivity index (χ0v) is 13.8. The molecule has 0 saturated heterocycles. The monoisotopic (exact) mass is 291 g/mol. The van der Waals surface area contributed by atoms with Gasteiger partial charge in [0, 0.05) is 6.54 Å². The molecule has 2 atom stereocenters. The number of carbonyl (C=O) groups excluding carboxylic acids is 1. The molecule has 1 aromatic rings. The van der Waals surface area contributed by atoms with Crippen molar-refractivity contribution in [3.8, 4) is 5.75 Å². The summed E-state index contributed by atoms with van der Waals surface area (Å²) in [7, 11) is 0. The highest BCUT2D eigenvalue weighted by Crippen LogP contribution is 2.14. The van der Waals surface area contributed by atoms with Crippen LogP contribution in [0.15, 0.2) is 24.3 Å². The number of unbranched alkanes of at least 4 members (excludes halogenated alkanes) is 1. The van der Waals surface area contributed by atoms with Crippen molar-refractivity contribution >= 4 is 5.91 Å². The molecule has 3 nitrogen and oxygen atoms in total. The van der Waals surface area contributed by atoms with Crippen LogP contribution in [0.5, 0.6) is 5.75 Å². The first-order valence-electron chi connectivity index (χ1n) is 8.07. The van der Waals surface area contributed by atoms with E-state index in [1.165, 1.54) is 24.8 Å². The van der Waals surface area contributed by atoms with Gasteiger partial charge in [0.25, 0.3) is 5.91 Å². The smallest absolute Gasteiger partial charge is 0.260 e. The van der Waals surface area contributed by atoms with E-state index in [4.69, 9.17) is 4.74 Å². The van der Waals surface area contributed by atoms with Gasteiger partial charge in [-0.1, -0.05) is 50.8 Å². The van der Waals surface area contributed by atoms with E-state index >= 15 is 0 Å². The Morgan fingerprint density at radius 1 is 1.24 bits per heavy atom. The third-order valence-corrected chi connectivity index (χ3v) is 3.81. The van der Waals surface area contributed by atoms with Gasteiger partial charge in [-0.15, -0.1) is 0 Å². The number of carbonyl (C=O) groups is 1. The largest absolute Gasteiger partial charge is 0.481 e. The lowest BCUT2D eigenvalue weighted by atomic mass is 9.99. The van der Waals surface area contributed by atoms with Crippen molar-refractivity contribution in [3.63, 3.8) is 0 Å². The molecule has 0 fully saturated rings. The summed E-state index contributed by atoms with van der Waals surface area (Å²) < 4.78 is 5.67. The van der Waals surface area contributed by atoms with Gasteiger partial charge in [0.1, 0.15) is 5.75 Å². The van der Waals surface area contributed by atoms with E-state index in [1.807, 2.05) is 31.2 Å². The van der Waals surface area contributed by atoms with Crippen LogP contribution in [0.1, 0.15) is 52.0 Å². The minimum absolute atomic E-state index is 0.0366. The topological polar surface area (TPSA) is 38.3 Å². The van der Waals surface area contributed by atoms with E-state index in [-0.39, 0.29) is 5.91 Å². The molecule has 0 bridgehead atoms. The quantitative estimate of drug-likeness (QED) is 0.744. The standard InChI is InChI=1S/C18H29NO2/c1-5-7-8-16(6-2)13-19-18(20)15(4)21-17-11-9-14(3)10-12-17/h9-12,15-16H,5-8,13H2,1-4H3,(H,19,20)/t15-,16-/m0/s1. The van der Waals surface area contributed by atoms with Gasteiger partial charge < -0.3 is 10.1 Å². The van der Waals surface area contributed by atoms with Gasteiger partial charge in [0.05, 0.1) is 0 Å². The van der Waals surface area contributed by atoms with E-state index in [9.17, 15) is 4.79 Å². The highest BCUT2D eigenvalue weighted by Gasteiger charge is 2.16. The predicted octanol–water partition coefficient (Wildman–Crippen LogP) is 4.09. The summed E-state index contributed by atoms with van der Waals surface area (Å²) in [6.45, 7) is 8.95. The summed E-state index contributed by atoms with van der Waals surface area (Å²) in [5.41, 5.74) is 1.18. The Balaban J connectivity index is 2.38. The molecule has 1 rings (SSSR count). The maximum absolute atomic E-state index is 12.1. The molecule has 0 spiro atoms. The van der Waals surface area contributed by atoms with Gasteiger partial charge in [0.2, 0.25) is 0 Å². The van der Waals surface area contributed by atoms with Gasteiger partial charge >= 0.3 is 0 Å². The second-order valence-electron chi connectivity index (χ2n) is 5.73. The number of hydrogen-bond acceptors (Lipinski definition) is 2. The van der Waals surface area contributed by atoms with Gasteiger partial charge in [-0.25, -0.2) is 0 Å². The van der Waals surface area contributed by atoms with Crippen LogP contribution in [-0.2, 0) is 4.79 Å². The zero-order chi connectivity index (χ0) is 15.7. The van der Waals surface area contributed by atoms with Gasteiger partial charge in [-0.05, 0) is 38.3 Å². The molecule has 0 heterocycles. The van der Waals surface area contributed by atoms with E-state index in [1.54, 1.807) is 6.92 Å². The van der Waals surface area contributed by atoms with Crippen molar-refractivity contribution in [2.45, 2.75) is 59.5 Å². The van der Waals surface area contributed by atoms with Crippen molar-refractivity contribution in [2.24, 2.45) is 5.92 Å². The Morgan fingerprint density at radius 3 is 2.48 bits per heavy atom. The average molecular weight is 291 g/mol. The molecular weight excluding hydrogens is 262 g/mol. The molecule has 1 aromatic carbocycles. The van der Waals surface area contributed by atoms with Crippen LogP contribution in [0.4, 0.5) is 0 Å². The van der Waals surface area contributed by atoms with Crippen LogP contribution < -0.4 is 10.1 Å². The predicted molar refractivity (Wildman–Crippen MR) is 87.6 cm³/mol. The fourth-order valence-corrected chi connectivity index (χ4v) is 2.21. The fourth-order valence-electron chi connectivity index (χ4n) is 2.21. The number of nitrogens with one attached hydrogen (secondary N) is 1. The van der Waals surface area contributed by atoms with Crippen LogP contribution in [0.2, 0.25) is 0 Å². The van der Waals surface area contributed by atoms with Crippen LogP contribution in [-0.4, -0.2) is 18.6 Å². The Labute approximate surface area is 129 Å². The number of hydrogen-bond donors (Lipinski definition) is 1. The van der Waals surface area contributed by atoms with Crippen LogP contribution >= 0.6 is 0 Å². The second-order valence-corrected chi connectivity index (χ2v) is 5.73. The lowest BCUT2D eigenvalue weighted by Crippen LogP contribution is -2.38. The molecule has 0 aromatic heterocycles. The number of rotatable bonds is 9. The molecule has 1 amide bonds. The maximum atomic E-state index is 12.1. The molecule has 0 aliphatic carbocycles. The highest BCUT2D eigenvalue weighted by atomic mass is 16.5. The Morgan fingerprint density at radius 2 is 1.90 bits per heavy atom. The van der Waals surface area contributed by atoms with Crippen molar-refractivity contribution < 1.29 is 9.53 Å². The first kappa shape index (κ1) is 17.5. The van der Waals surface area contributed by atoms with Crippen molar-refractivity contribution in [2.75, 3.05) is 6.54 Å². The number of aryl methyl sites for hydroxylation is 1. The summed E-state index contributed by atoms with van der Waals surface area (Å²) in [6.07, 6.45) is 4.26. The lowest BCUT2D eigenvalue weighted by molar-refractivity contribution is -0.127. The molecule has 118 valence electrons. The summed E-state index contributed by atoms with van der Waals surface area (Å²) >= 11 is 0. The SMILES string of the molecule is CCCC[C@H](CC)CNC(=O)[C@H](C)Oc1ccc(C)cc1. The first-order valence-corrected chi connectivity index (χ1v) is 8.07. The molecule has 0 aliphatic heterocycles. The molecule has 3 heteroatoms. The second kappa shape index (κ2) is 9.43. The Kier molecular flexibility index (Phi) is 7.88. The summed E-state index contributed by atoms with van der Waals surface area (Å²) in [5.74, 6) is 1.27. The lowest BCUT2D eigenvalue weighted by Gasteiger charge is -2.18. The molecule has 0 aliphatic rings. The third kappa shape index (κ3) is 6.65. The summed E-state index contributed by atoms with van der Waals surface area (Å²) in [5, 5.41) is 3.01. The van der Waals surface area contributed by atoms with E-state index in [2.05, 4.69) is 19.2 Å². The fraction of sp³-hybridized carbons (Fsp3) is 0.611. The molecule has 21 heavy (non-hydrogen) atoms. The van der Waals surface area contributed by atoms with Crippen LogP contribution in [0, 0.1) is 12.8 Å². The van der Waals surface area contributed by atoms with Gasteiger partial charge in [-0.2, -0.15) is 0 Å². The normalized spacial score (nSPS) is 13.5. The number of ether oxygens (including phenoxy) is 1. The van der Waals surface area contributed by atoms with Gasteiger partial charge in [0.15, 0.2) is 6.10 Å². The van der Waals surface area contributed by atoms with E-state index in [0.29, 0.717) is 5.92 Å². The Bertz CT molecular complexity index is 414. The third-order valence-electron chi connectivity index (χ3n) is 3.81. The highest BCUT2D eigenvalue weighted by molar-refractivity contribution is 5.80. The van der Waals surface area contributed by atoms with Gasteiger partial charge in [-0.3, -0.25) is 4.79 Å². The van der Waals surface area contributed by atoms with Crippen molar-refractivity contribution in [1.29, 1.82) is 0 Å². The Hall–Kier alpha value is -1.51. The van der Waals surface area contributed by atoms with Crippen LogP contribution in [0.3, 0.4) is 0 Å². The molecule has 0 saturated carbocycles. The molecular formula is C18H29NO2. The number of benzene rings is 1. The minimum atomic E-state index is -0.462. The minimum Gasteiger partial charge on any atom is -0.481 e. The van der Waals surface area contributed by atoms with Crippen molar-refractivity contribution in [3.05, 3.63) is 29.8 Å². The van der Waals surface area contributed by atoms with E-state index < -0.39 is 6.10 Å².